The molecular formula is C30H28N2O6. The summed E-state index contributed by atoms with van der Waals surface area (Å²) >= 11 is 0. The van der Waals surface area contributed by atoms with Crippen molar-refractivity contribution in [1.29, 1.82) is 0 Å². The molecule has 1 N–H and O–H groups in total. The molecule has 2 atom stereocenters. The van der Waals surface area contributed by atoms with Crippen molar-refractivity contribution in [3.8, 4) is 0 Å². The predicted molar refractivity (Wildman–Crippen MR) is 138 cm³/mol. The van der Waals surface area contributed by atoms with Gasteiger partial charge in [-0.05, 0) is 18.1 Å². The molecule has 0 spiro atoms. The van der Waals surface area contributed by atoms with Gasteiger partial charge < -0.3 is 9.84 Å². The second-order valence-electron chi connectivity index (χ2n) is 9.88. The van der Waals surface area contributed by atoms with Crippen LogP contribution in [-0.2, 0) is 15.1 Å². The molecule has 2 aliphatic rings. The summed E-state index contributed by atoms with van der Waals surface area (Å²) in [6.07, 6.45) is -0.845. The quantitative estimate of drug-likeness (QED) is 0.483. The summed E-state index contributed by atoms with van der Waals surface area (Å²) in [5.41, 5.74) is 0.603. The van der Waals surface area contributed by atoms with Gasteiger partial charge >= 0.3 is 6.09 Å². The second kappa shape index (κ2) is 9.87. The van der Waals surface area contributed by atoms with E-state index in [2.05, 4.69) is 0 Å². The van der Waals surface area contributed by atoms with Crippen molar-refractivity contribution in [2.45, 2.75) is 25.5 Å². The number of cyclic esters (lactones) is 1. The lowest BCUT2D eigenvalue weighted by Crippen LogP contribution is -2.53. The van der Waals surface area contributed by atoms with Crippen LogP contribution in [0.3, 0.4) is 0 Å². The highest BCUT2D eigenvalue weighted by Gasteiger charge is 2.60. The van der Waals surface area contributed by atoms with E-state index in [1.807, 2.05) is 74.5 Å². The summed E-state index contributed by atoms with van der Waals surface area (Å²) in [5, 5.41) is 10.2. The number of hydrogen-bond acceptors (Lipinski definition) is 6. The minimum Gasteiger partial charge on any atom is -0.430 e. The molecule has 0 bridgehead atoms. The average molecular weight is 513 g/mol. The highest BCUT2D eigenvalue weighted by Crippen LogP contribution is 2.47. The van der Waals surface area contributed by atoms with Crippen molar-refractivity contribution in [2.24, 2.45) is 11.8 Å². The molecule has 0 aliphatic carbocycles. The molecule has 4 amide bonds. The zero-order valence-electron chi connectivity index (χ0n) is 21.1. The second-order valence-corrected chi connectivity index (χ2v) is 9.88. The molecule has 0 saturated carbocycles. The molecule has 3 aromatic carbocycles. The Labute approximate surface area is 220 Å². The van der Waals surface area contributed by atoms with E-state index in [4.69, 9.17) is 4.74 Å². The van der Waals surface area contributed by atoms with Crippen LogP contribution in [-0.4, -0.2) is 57.9 Å². The van der Waals surface area contributed by atoms with Crippen LogP contribution in [0.15, 0.2) is 84.9 Å². The van der Waals surface area contributed by atoms with Crippen molar-refractivity contribution in [3.05, 3.63) is 107 Å². The number of fused-ring (bicyclic) bond motifs is 1. The van der Waals surface area contributed by atoms with Crippen LogP contribution in [0.5, 0.6) is 0 Å². The normalized spacial score (nSPS) is 19.1. The molecule has 0 radical (unpaired) electrons. The van der Waals surface area contributed by atoms with Crippen molar-refractivity contribution in [1.82, 2.24) is 9.80 Å². The Bertz CT molecular complexity index is 1310. The third kappa shape index (κ3) is 3.88. The Morgan fingerprint density at radius 3 is 1.76 bits per heavy atom. The van der Waals surface area contributed by atoms with Crippen LogP contribution in [0.2, 0.25) is 0 Å². The Morgan fingerprint density at radius 1 is 0.842 bits per heavy atom. The molecular weight excluding hydrogens is 484 g/mol. The van der Waals surface area contributed by atoms with E-state index in [1.165, 1.54) is 0 Å². The highest BCUT2D eigenvalue weighted by atomic mass is 16.6. The minimum atomic E-state index is -1.29. The van der Waals surface area contributed by atoms with Gasteiger partial charge in [0.2, 0.25) is 5.91 Å². The first-order chi connectivity index (χ1) is 18.3. The van der Waals surface area contributed by atoms with Crippen LogP contribution in [0.1, 0.15) is 45.7 Å². The summed E-state index contributed by atoms with van der Waals surface area (Å²) in [7, 11) is 0. The molecule has 1 fully saturated rings. The van der Waals surface area contributed by atoms with E-state index < -0.39 is 48.0 Å². The van der Waals surface area contributed by atoms with E-state index in [1.54, 1.807) is 24.3 Å². The van der Waals surface area contributed by atoms with Gasteiger partial charge in [0.25, 0.3) is 11.8 Å². The van der Waals surface area contributed by atoms with Crippen LogP contribution in [0, 0.1) is 11.8 Å². The summed E-state index contributed by atoms with van der Waals surface area (Å²) in [4.78, 5) is 55.3. The maximum absolute atomic E-state index is 13.9. The SMILES string of the molecule is CC(C)C1N(C(=O)C(CO)CN2C(=O)c3ccccc3C2=O)C(=O)OC1(c1ccccc1)c1ccccc1. The Balaban J connectivity index is 1.53. The molecule has 8 nitrogen and oxygen atoms in total. The average Bonchev–Trinajstić information content (AvgIpc) is 3.39. The maximum Gasteiger partial charge on any atom is 0.418 e. The number of benzene rings is 3. The van der Waals surface area contributed by atoms with Gasteiger partial charge in [-0.3, -0.25) is 19.3 Å². The molecule has 2 heterocycles. The van der Waals surface area contributed by atoms with Crippen molar-refractivity contribution >= 4 is 23.8 Å². The summed E-state index contributed by atoms with van der Waals surface area (Å²) in [5.74, 6) is -3.24. The molecule has 2 aliphatic heterocycles. The molecule has 38 heavy (non-hydrogen) atoms. The number of aliphatic hydroxyl groups is 1. The fourth-order valence-corrected chi connectivity index (χ4v) is 5.57. The van der Waals surface area contributed by atoms with Crippen LogP contribution in [0.4, 0.5) is 4.79 Å². The molecule has 3 aromatic rings. The van der Waals surface area contributed by atoms with Crippen molar-refractivity contribution in [2.75, 3.05) is 13.2 Å². The number of ether oxygens (including phenoxy) is 1. The molecule has 0 aromatic heterocycles. The monoisotopic (exact) mass is 512 g/mol. The molecule has 2 unspecified atom stereocenters. The van der Waals surface area contributed by atoms with E-state index in [-0.39, 0.29) is 23.6 Å². The third-order valence-electron chi connectivity index (χ3n) is 7.26. The van der Waals surface area contributed by atoms with Gasteiger partial charge in [-0.1, -0.05) is 86.6 Å². The standard InChI is InChI=1S/C30H28N2O6/c1-19(2)25-30(21-11-5-3-6-12-21,22-13-7-4-8-14-22)38-29(37)32(25)26(34)20(18-33)17-31-27(35)23-15-9-10-16-24(23)28(31)36/h3-16,19-20,25,33H,17-18H2,1-2H3. The lowest BCUT2D eigenvalue weighted by Gasteiger charge is -2.38. The van der Waals surface area contributed by atoms with E-state index in [9.17, 15) is 24.3 Å². The van der Waals surface area contributed by atoms with Gasteiger partial charge in [-0.15, -0.1) is 0 Å². The summed E-state index contributed by atoms with van der Waals surface area (Å²) < 4.78 is 6.12. The zero-order valence-corrected chi connectivity index (χ0v) is 21.1. The Kier molecular flexibility index (Phi) is 6.59. The number of carbonyl (C=O) groups excluding carboxylic acids is 4. The van der Waals surface area contributed by atoms with Gasteiger partial charge in [0.05, 0.1) is 29.7 Å². The van der Waals surface area contributed by atoms with Gasteiger partial charge in [-0.2, -0.15) is 0 Å². The first kappa shape index (κ1) is 25.4. The number of hydrogen-bond donors (Lipinski definition) is 1. The maximum atomic E-state index is 13.9. The number of nitrogens with zero attached hydrogens (tertiary/aromatic N) is 2. The number of carbonyl (C=O) groups is 4. The van der Waals surface area contributed by atoms with E-state index >= 15 is 0 Å². The zero-order chi connectivity index (χ0) is 27.0. The highest BCUT2D eigenvalue weighted by molar-refractivity contribution is 6.21. The fraction of sp³-hybridized carbons (Fsp3) is 0.267. The Morgan fingerprint density at radius 2 is 1.32 bits per heavy atom. The number of amides is 4. The van der Waals surface area contributed by atoms with Gasteiger partial charge in [0.1, 0.15) is 0 Å². The largest absolute Gasteiger partial charge is 0.430 e. The topological polar surface area (TPSA) is 104 Å². The summed E-state index contributed by atoms with van der Waals surface area (Å²) in [6.45, 7) is 2.77. The molecule has 8 heteroatoms. The van der Waals surface area contributed by atoms with Gasteiger partial charge in [0.15, 0.2) is 5.60 Å². The van der Waals surface area contributed by atoms with Crippen molar-refractivity contribution in [3.63, 3.8) is 0 Å². The number of imide groups is 2. The molecule has 194 valence electrons. The lowest BCUT2D eigenvalue weighted by molar-refractivity contribution is -0.136. The van der Waals surface area contributed by atoms with E-state index in [0.29, 0.717) is 11.1 Å². The first-order valence-corrected chi connectivity index (χ1v) is 12.5. The van der Waals surface area contributed by atoms with Gasteiger partial charge in [-0.25, -0.2) is 9.69 Å². The summed E-state index contributed by atoms with van der Waals surface area (Å²) in [6, 6.07) is 24.1. The first-order valence-electron chi connectivity index (χ1n) is 12.5. The van der Waals surface area contributed by atoms with Crippen LogP contribution < -0.4 is 0 Å². The van der Waals surface area contributed by atoms with E-state index in [0.717, 1.165) is 9.80 Å². The molecule has 1 saturated heterocycles. The Hall–Kier alpha value is -4.30. The third-order valence-corrected chi connectivity index (χ3v) is 7.26. The van der Waals surface area contributed by atoms with Crippen molar-refractivity contribution < 1.29 is 29.0 Å². The van der Waals surface area contributed by atoms with Crippen LogP contribution in [0.25, 0.3) is 0 Å². The van der Waals surface area contributed by atoms with Gasteiger partial charge in [0, 0.05) is 17.7 Å². The lowest BCUT2D eigenvalue weighted by atomic mass is 9.75. The van der Waals surface area contributed by atoms with Crippen LogP contribution >= 0.6 is 0 Å². The smallest absolute Gasteiger partial charge is 0.418 e. The number of aliphatic hydroxyl groups excluding tert-OH is 1. The fourth-order valence-electron chi connectivity index (χ4n) is 5.57. The predicted octanol–water partition coefficient (Wildman–Crippen LogP) is 3.84. The molecule has 5 rings (SSSR count). The number of rotatable bonds is 7. The minimum absolute atomic E-state index is 0.245.